The fourth-order valence-corrected chi connectivity index (χ4v) is 3.64. The molecular weight excluding hydrogens is 366 g/mol. The van der Waals surface area contributed by atoms with Gasteiger partial charge >= 0.3 is 0 Å². The van der Waals surface area contributed by atoms with E-state index in [1.54, 1.807) is 35.8 Å². The van der Waals surface area contributed by atoms with Crippen molar-refractivity contribution < 1.29 is 4.42 Å². The second-order valence-corrected chi connectivity index (χ2v) is 6.91. The van der Waals surface area contributed by atoms with Crippen molar-refractivity contribution in [2.24, 2.45) is 7.05 Å². The van der Waals surface area contributed by atoms with E-state index < -0.39 is 0 Å². The third kappa shape index (κ3) is 2.46. The van der Waals surface area contributed by atoms with Gasteiger partial charge in [-0.15, -0.1) is 0 Å². The van der Waals surface area contributed by atoms with Crippen molar-refractivity contribution in [3.8, 4) is 33.9 Å². The van der Waals surface area contributed by atoms with Gasteiger partial charge < -0.3 is 9.40 Å². The van der Waals surface area contributed by atoms with Crippen molar-refractivity contribution in [2.45, 2.75) is 0 Å². The van der Waals surface area contributed by atoms with Crippen LogP contribution in [0.15, 0.2) is 66.0 Å². The summed E-state index contributed by atoms with van der Waals surface area (Å²) in [6, 6.07) is 7.97. The zero-order valence-electron chi connectivity index (χ0n) is 15.4. The Morgan fingerprint density at radius 3 is 2.72 bits per heavy atom. The Hall–Kier alpha value is -4.20. The second kappa shape index (κ2) is 5.90. The maximum Gasteiger partial charge on any atom is 0.116 e. The van der Waals surface area contributed by atoms with E-state index in [0.717, 1.165) is 55.7 Å². The molecule has 0 radical (unpaired) electrons. The topological polar surface area (TPSA) is 101 Å². The smallest absolute Gasteiger partial charge is 0.116 e. The fourth-order valence-electron chi connectivity index (χ4n) is 3.64. The molecule has 6 heterocycles. The Morgan fingerprint density at radius 2 is 1.90 bits per heavy atom. The quantitative estimate of drug-likeness (QED) is 0.479. The van der Waals surface area contributed by atoms with E-state index in [2.05, 4.69) is 36.3 Å². The van der Waals surface area contributed by atoms with Gasteiger partial charge in [0, 0.05) is 46.9 Å². The summed E-state index contributed by atoms with van der Waals surface area (Å²) in [6.07, 6.45) is 10.7. The molecule has 0 saturated carbocycles. The van der Waals surface area contributed by atoms with Crippen LogP contribution in [-0.2, 0) is 7.05 Å². The van der Waals surface area contributed by atoms with Gasteiger partial charge in [-0.25, -0.2) is 0 Å². The third-order valence-corrected chi connectivity index (χ3v) is 5.05. The Bertz CT molecular complexity index is 1470. The first-order valence-corrected chi connectivity index (χ1v) is 9.10. The van der Waals surface area contributed by atoms with Crippen LogP contribution >= 0.6 is 0 Å². The van der Waals surface area contributed by atoms with Crippen molar-refractivity contribution in [1.29, 1.82) is 0 Å². The van der Waals surface area contributed by atoms with E-state index in [1.807, 2.05) is 31.4 Å². The summed E-state index contributed by atoms with van der Waals surface area (Å²) < 4.78 is 6.99. The van der Waals surface area contributed by atoms with Crippen LogP contribution in [0.4, 0.5) is 0 Å². The molecule has 8 nitrogen and oxygen atoms in total. The average molecular weight is 381 g/mol. The molecule has 8 heteroatoms. The number of aryl methyl sites for hydroxylation is 1. The van der Waals surface area contributed by atoms with Gasteiger partial charge in [0.25, 0.3) is 0 Å². The van der Waals surface area contributed by atoms with Gasteiger partial charge in [-0.3, -0.25) is 19.7 Å². The second-order valence-electron chi connectivity index (χ2n) is 6.91. The molecule has 0 aliphatic heterocycles. The highest BCUT2D eigenvalue weighted by atomic mass is 16.3. The Labute approximate surface area is 164 Å². The highest BCUT2D eigenvalue weighted by Crippen LogP contribution is 2.33. The molecule has 0 amide bonds. The number of pyridine rings is 2. The van der Waals surface area contributed by atoms with Crippen LogP contribution in [-0.4, -0.2) is 34.9 Å². The van der Waals surface area contributed by atoms with Gasteiger partial charge in [0.05, 0.1) is 47.5 Å². The molecule has 140 valence electrons. The highest BCUT2D eigenvalue weighted by Gasteiger charge is 2.15. The standard InChI is InChI=1S/C21H15N7O/c1-28-10-13(8-24-28)17-6-15-19(9-23-17)26-27-21(15)18-7-14-16(25-18)2-4-22-20(14)12-3-5-29-11-12/h2-11,25H,1H3,(H,26,27). The van der Waals surface area contributed by atoms with Crippen LogP contribution in [0.1, 0.15) is 0 Å². The van der Waals surface area contributed by atoms with Crippen molar-refractivity contribution in [3.05, 3.63) is 61.6 Å². The Kier molecular flexibility index (Phi) is 3.22. The van der Waals surface area contributed by atoms with Gasteiger partial charge in [-0.05, 0) is 24.3 Å². The minimum atomic E-state index is 0.835. The number of hydrogen-bond acceptors (Lipinski definition) is 5. The average Bonchev–Trinajstić information content (AvgIpc) is 3.51. The van der Waals surface area contributed by atoms with Crippen LogP contribution in [0.5, 0.6) is 0 Å². The lowest BCUT2D eigenvalue weighted by Gasteiger charge is -1.98. The lowest BCUT2D eigenvalue weighted by atomic mass is 10.1. The Balaban J connectivity index is 1.53. The summed E-state index contributed by atoms with van der Waals surface area (Å²) in [5, 5.41) is 13.9. The lowest BCUT2D eigenvalue weighted by Crippen LogP contribution is -1.85. The van der Waals surface area contributed by atoms with Gasteiger partial charge in [-0.2, -0.15) is 10.2 Å². The van der Waals surface area contributed by atoms with E-state index >= 15 is 0 Å². The summed E-state index contributed by atoms with van der Waals surface area (Å²) in [5.41, 5.74) is 7.24. The molecule has 0 spiro atoms. The molecule has 6 aromatic heterocycles. The van der Waals surface area contributed by atoms with Crippen molar-refractivity contribution in [1.82, 2.24) is 34.9 Å². The highest BCUT2D eigenvalue weighted by molar-refractivity contribution is 6.00. The molecule has 6 rings (SSSR count). The first-order chi connectivity index (χ1) is 14.3. The molecule has 0 aliphatic carbocycles. The van der Waals surface area contributed by atoms with Gasteiger partial charge in [0.1, 0.15) is 5.69 Å². The van der Waals surface area contributed by atoms with Crippen LogP contribution in [0.2, 0.25) is 0 Å². The molecule has 0 bridgehead atoms. The number of nitrogens with zero attached hydrogens (tertiary/aromatic N) is 5. The Morgan fingerprint density at radius 1 is 0.966 bits per heavy atom. The summed E-state index contributed by atoms with van der Waals surface area (Å²) in [4.78, 5) is 12.5. The van der Waals surface area contributed by atoms with Gasteiger partial charge in [0.15, 0.2) is 0 Å². The number of nitrogens with one attached hydrogen (secondary N) is 2. The molecule has 0 unspecified atom stereocenters. The van der Waals surface area contributed by atoms with Crippen molar-refractivity contribution in [2.75, 3.05) is 0 Å². The minimum absolute atomic E-state index is 0.835. The summed E-state index contributed by atoms with van der Waals surface area (Å²) in [5.74, 6) is 0. The molecule has 0 aliphatic rings. The van der Waals surface area contributed by atoms with Crippen LogP contribution in [0, 0.1) is 0 Å². The van der Waals surface area contributed by atoms with E-state index in [-0.39, 0.29) is 0 Å². The molecular formula is C21H15N7O. The van der Waals surface area contributed by atoms with Gasteiger partial charge in [-0.1, -0.05) is 0 Å². The van der Waals surface area contributed by atoms with Crippen LogP contribution < -0.4 is 0 Å². The van der Waals surface area contributed by atoms with Crippen molar-refractivity contribution in [3.63, 3.8) is 0 Å². The first-order valence-electron chi connectivity index (χ1n) is 9.10. The molecule has 0 aromatic carbocycles. The van der Waals surface area contributed by atoms with Gasteiger partial charge in [0.2, 0.25) is 0 Å². The zero-order valence-corrected chi connectivity index (χ0v) is 15.4. The monoisotopic (exact) mass is 381 g/mol. The summed E-state index contributed by atoms with van der Waals surface area (Å²) in [7, 11) is 1.89. The number of aromatic nitrogens is 7. The lowest BCUT2D eigenvalue weighted by molar-refractivity contribution is 0.568. The molecule has 0 saturated heterocycles. The molecule has 29 heavy (non-hydrogen) atoms. The van der Waals surface area contributed by atoms with E-state index in [0.29, 0.717) is 0 Å². The van der Waals surface area contributed by atoms with Crippen molar-refractivity contribution >= 4 is 21.8 Å². The SMILES string of the molecule is Cn1cc(-c2cc3c(-c4cc5c(-c6ccoc6)nccc5[nH]4)n[nH]c3cn2)cn1. The van der Waals surface area contributed by atoms with E-state index in [4.69, 9.17) is 4.42 Å². The largest absolute Gasteiger partial charge is 0.472 e. The number of H-pyrrole nitrogens is 2. The normalized spacial score (nSPS) is 11.6. The zero-order chi connectivity index (χ0) is 19.4. The predicted molar refractivity (Wildman–Crippen MR) is 109 cm³/mol. The molecule has 6 aromatic rings. The predicted octanol–water partition coefficient (Wildman–Crippen LogP) is 4.16. The maximum atomic E-state index is 5.23. The summed E-state index contributed by atoms with van der Waals surface area (Å²) in [6.45, 7) is 0. The number of aromatic amines is 2. The number of rotatable bonds is 3. The molecule has 0 fully saturated rings. The number of furan rings is 1. The fraction of sp³-hybridized carbons (Fsp3) is 0.0476. The van der Waals surface area contributed by atoms with Crippen LogP contribution in [0.3, 0.4) is 0 Å². The molecule has 0 atom stereocenters. The minimum Gasteiger partial charge on any atom is -0.472 e. The third-order valence-electron chi connectivity index (χ3n) is 5.05. The van der Waals surface area contributed by atoms with E-state index in [9.17, 15) is 0 Å². The van der Waals surface area contributed by atoms with E-state index in [1.165, 1.54) is 0 Å². The molecule has 2 N–H and O–H groups in total. The van der Waals surface area contributed by atoms with Crippen LogP contribution in [0.25, 0.3) is 55.7 Å². The number of fused-ring (bicyclic) bond motifs is 2. The summed E-state index contributed by atoms with van der Waals surface area (Å²) >= 11 is 0. The maximum absolute atomic E-state index is 5.23. The first kappa shape index (κ1) is 15.8. The number of hydrogen-bond donors (Lipinski definition) is 2.